The van der Waals surface area contributed by atoms with Crippen LogP contribution in [0.2, 0.25) is 0 Å². The maximum atomic E-state index is 14.8. The van der Waals surface area contributed by atoms with Crippen molar-refractivity contribution in [3.8, 4) is 0 Å². The molecule has 0 aromatic carbocycles. The zero-order valence-electron chi connectivity index (χ0n) is 14.4. The Hall–Kier alpha value is -1.99. The molecular formula is C17H23FN4O3. The number of nitrogens with zero attached hydrogens (tertiary/aromatic N) is 4. The van der Waals surface area contributed by atoms with E-state index in [0.717, 1.165) is 19.3 Å². The fraction of sp³-hybridized carbons (Fsp3) is 0.765. The Kier molecular flexibility index (Phi) is 4.00. The van der Waals surface area contributed by atoms with Gasteiger partial charge in [-0.25, -0.2) is 4.39 Å². The molecule has 1 atom stereocenters. The van der Waals surface area contributed by atoms with Crippen LogP contribution in [0.1, 0.15) is 56.2 Å². The summed E-state index contributed by atoms with van der Waals surface area (Å²) in [5.74, 6) is 0.599. The van der Waals surface area contributed by atoms with E-state index in [1.54, 1.807) is 16.7 Å². The van der Waals surface area contributed by atoms with Gasteiger partial charge in [0.25, 0.3) is 5.91 Å². The highest BCUT2D eigenvalue weighted by Crippen LogP contribution is 2.36. The average molecular weight is 350 g/mol. The lowest BCUT2D eigenvalue weighted by Crippen LogP contribution is -2.64. The quantitative estimate of drug-likeness (QED) is 0.827. The van der Waals surface area contributed by atoms with Crippen molar-refractivity contribution >= 4 is 11.8 Å². The molecule has 2 amide bonds. The summed E-state index contributed by atoms with van der Waals surface area (Å²) in [6.45, 7) is 3.11. The maximum absolute atomic E-state index is 14.8. The predicted octanol–water partition coefficient (Wildman–Crippen LogP) is 1.58. The number of amides is 2. The first-order valence-electron chi connectivity index (χ1n) is 9.04. The zero-order chi connectivity index (χ0) is 17.6. The minimum absolute atomic E-state index is 0.0299. The minimum Gasteiger partial charge on any atom is -0.339 e. The molecule has 0 bridgehead atoms. The molecule has 3 fully saturated rings. The van der Waals surface area contributed by atoms with Crippen LogP contribution in [0, 0.1) is 6.92 Å². The van der Waals surface area contributed by atoms with Gasteiger partial charge in [0.2, 0.25) is 11.8 Å². The van der Waals surface area contributed by atoms with Crippen LogP contribution in [0.25, 0.3) is 0 Å². The Labute approximate surface area is 145 Å². The van der Waals surface area contributed by atoms with Crippen molar-refractivity contribution in [1.82, 2.24) is 19.9 Å². The number of halogens is 1. The van der Waals surface area contributed by atoms with Crippen molar-refractivity contribution in [2.45, 2.75) is 63.1 Å². The van der Waals surface area contributed by atoms with Crippen LogP contribution in [0.4, 0.5) is 4.39 Å². The predicted molar refractivity (Wildman–Crippen MR) is 85.4 cm³/mol. The Bertz CT molecular complexity index is 679. The second kappa shape index (κ2) is 6.07. The van der Waals surface area contributed by atoms with E-state index in [4.69, 9.17) is 4.52 Å². The third-order valence-corrected chi connectivity index (χ3v) is 5.67. The summed E-state index contributed by atoms with van der Waals surface area (Å²) in [5.41, 5.74) is -1.69. The summed E-state index contributed by atoms with van der Waals surface area (Å²) in [5, 5.41) is 3.77. The first kappa shape index (κ1) is 16.5. The van der Waals surface area contributed by atoms with Crippen LogP contribution in [0.5, 0.6) is 0 Å². The SMILES string of the molecule is Cc1noc(C2CC(=O)N(C3CN(C(=O)C4(F)CCCCC4)C3)C2)n1. The van der Waals surface area contributed by atoms with Crippen molar-refractivity contribution < 1.29 is 18.5 Å². The summed E-state index contributed by atoms with van der Waals surface area (Å²) in [4.78, 5) is 32.3. The fourth-order valence-corrected chi connectivity index (χ4v) is 4.16. The Morgan fingerprint density at radius 2 is 1.96 bits per heavy atom. The summed E-state index contributed by atoms with van der Waals surface area (Å²) >= 11 is 0. The van der Waals surface area contributed by atoms with Gasteiger partial charge < -0.3 is 14.3 Å². The highest BCUT2D eigenvalue weighted by Gasteiger charge is 2.49. The lowest BCUT2D eigenvalue weighted by atomic mass is 9.84. The molecule has 136 valence electrons. The molecule has 1 saturated carbocycles. The largest absolute Gasteiger partial charge is 0.339 e. The third kappa shape index (κ3) is 2.91. The molecule has 7 nitrogen and oxygen atoms in total. The van der Waals surface area contributed by atoms with Crippen molar-refractivity contribution in [1.29, 1.82) is 0 Å². The molecular weight excluding hydrogens is 327 g/mol. The van der Waals surface area contributed by atoms with Gasteiger partial charge in [-0.2, -0.15) is 4.98 Å². The lowest BCUT2D eigenvalue weighted by Gasteiger charge is -2.46. The van der Waals surface area contributed by atoms with Crippen LogP contribution >= 0.6 is 0 Å². The Morgan fingerprint density at radius 3 is 2.60 bits per heavy atom. The number of carbonyl (C=O) groups is 2. The van der Waals surface area contributed by atoms with Crippen LogP contribution in [0.15, 0.2) is 4.52 Å². The third-order valence-electron chi connectivity index (χ3n) is 5.67. The molecule has 0 N–H and O–H groups in total. The summed E-state index contributed by atoms with van der Waals surface area (Å²) in [6.07, 6.45) is 3.55. The number of hydrogen-bond acceptors (Lipinski definition) is 5. The molecule has 0 spiro atoms. The monoisotopic (exact) mass is 350 g/mol. The second-order valence-corrected chi connectivity index (χ2v) is 7.52. The number of rotatable bonds is 3. The maximum Gasteiger partial charge on any atom is 0.260 e. The van der Waals surface area contributed by atoms with E-state index in [1.165, 1.54) is 0 Å². The van der Waals surface area contributed by atoms with Crippen LogP contribution in [-0.4, -0.2) is 63.1 Å². The molecule has 1 unspecified atom stereocenters. The molecule has 2 saturated heterocycles. The van der Waals surface area contributed by atoms with Gasteiger partial charge in [0.15, 0.2) is 11.5 Å². The van der Waals surface area contributed by atoms with Gasteiger partial charge >= 0.3 is 0 Å². The normalized spacial score (nSPS) is 26.8. The van der Waals surface area contributed by atoms with Crippen molar-refractivity contribution in [2.75, 3.05) is 19.6 Å². The molecule has 0 radical (unpaired) electrons. The topological polar surface area (TPSA) is 79.5 Å². The van der Waals surface area contributed by atoms with Gasteiger partial charge in [0.05, 0.1) is 12.0 Å². The van der Waals surface area contributed by atoms with Crippen LogP contribution < -0.4 is 0 Å². The van der Waals surface area contributed by atoms with Crippen LogP contribution in [0.3, 0.4) is 0 Å². The first-order chi connectivity index (χ1) is 12.0. The number of carbonyl (C=O) groups excluding carboxylic acids is 2. The molecule has 1 aliphatic carbocycles. The molecule has 1 aromatic rings. The zero-order valence-corrected chi connectivity index (χ0v) is 14.4. The van der Waals surface area contributed by atoms with E-state index in [0.29, 0.717) is 50.6 Å². The van der Waals surface area contributed by atoms with Gasteiger partial charge in [0.1, 0.15) is 0 Å². The van der Waals surface area contributed by atoms with E-state index in [1.807, 2.05) is 0 Å². The number of aryl methyl sites for hydroxylation is 1. The number of aromatic nitrogens is 2. The molecule has 25 heavy (non-hydrogen) atoms. The molecule has 3 heterocycles. The van der Waals surface area contributed by atoms with E-state index < -0.39 is 5.67 Å². The minimum atomic E-state index is -1.69. The smallest absolute Gasteiger partial charge is 0.260 e. The van der Waals surface area contributed by atoms with Gasteiger partial charge in [-0.3, -0.25) is 9.59 Å². The van der Waals surface area contributed by atoms with Gasteiger partial charge in [-0.15, -0.1) is 0 Å². The van der Waals surface area contributed by atoms with Gasteiger partial charge in [-0.05, 0) is 32.6 Å². The first-order valence-corrected chi connectivity index (χ1v) is 9.04. The van der Waals surface area contributed by atoms with Crippen molar-refractivity contribution in [3.63, 3.8) is 0 Å². The number of hydrogen-bond donors (Lipinski definition) is 0. The molecule has 8 heteroatoms. The highest BCUT2D eigenvalue weighted by atomic mass is 19.1. The van der Waals surface area contributed by atoms with Crippen molar-refractivity contribution in [3.05, 3.63) is 11.7 Å². The van der Waals surface area contributed by atoms with E-state index >= 15 is 0 Å². The molecule has 3 aliphatic rings. The molecule has 1 aromatic heterocycles. The summed E-state index contributed by atoms with van der Waals surface area (Å²) < 4.78 is 20.0. The number of alkyl halides is 1. The van der Waals surface area contributed by atoms with Crippen molar-refractivity contribution in [2.24, 2.45) is 0 Å². The summed E-state index contributed by atoms with van der Waals surface area (Å²) in [6, 6.07) is -0.0299. The van der Waals surface area contributed by atoms with E-state index in [-0.39, 0.29) is 23.8 Å². The molecule has 2 aliphatic heterocycles. The van der Waals surface area contributed by atoms with E-state index in [9.17, 15) is 14.0 Å². The lowest BCUT2D eigenvalue weighted by molar-refractivity contribution is -0.156. The second-order valence-electron chi connectivity index (χ2n) is 7.52. The van der Waals surface area contributed by atoms with Crippen LogP contribution in [-0.2, 0) is 9.59 Å². The fourth-order valence-electron chi connectivity index (χ4n) is 4.16. The molecule has 4 rings (SSSR count). The number of likely N-dealkylation sites (tertiary alicyclic amines) is 2. The highest BCUT2D eigenvalue weighted by molar-refractivity contribution is 5.86. The van der Waals surface area contributed by atoms with E-state index in [2.05, 4.69) is 10.1 Å². The Morgan fingerprint density at radius 1 is 1.24 bits per heavy atom. The average Bonchev–Trinajstić information content (AvgIpc) is 3.13. The standard InChI is InChI=1S/C17H23FN4O3/c1-11-19-15(25-20-11)12-7-14(23)22(8-12)13-9-21(10-13)16(24)17(18)5-3-2-4-6-17/h12-13H,2-10H2,1H3. The summed E-state index contributed by atoms with van der Waals surface area (Å²) in [7, 11) is 0. The van der Waals surface area contributed by atoms with Gasteiger partial charge in [-0.1, -0.05) is 11.6 Å². The Balaban J connectivity index is 1.34. The van der Waals surface area contributed by atoms with Gasteiger partial charge in [0, 0.05) is 26.1 Å².